The number of morpholine rings is 1. The lowest BCUT2D eigenvalue weighted by molar-refractivity contribution is -0.141. The molecule has 0 aromatic heterocycles. The Balaban J connectivity index is 1.45. The fourth-order valence-electron chi connectivity index (χ4n) is 5.06. The molecular formula is C18H29N3O3. The van der Waals surface area contributed by atoms with Gasteiger partial charge in [-0.3, -0.25) is 4.79 Å². The van der Waals surface area contributed by atoms with E-state index in [2.05, 4.69) is 5.32 Å². The van der Waals surface area contributed by atoms with Gasteiger partial charge in [0.05, 0.1) is 13.2 Å². The number of fused-ring (bicyclic) bond motifs is 2. The Labute approximate surface area is 143 Å². The zero-order valence-corrected chi connectivity index (χ0v) is 14.4. The molecule has 2 saturated heterocycles. The number of likely N-dealkylation sites (tertiary alicyclic amines) is 1. The van der Waals surface area contributed by atoms with Crippen LogP contribution in [0.2, 0.25) is 0 Å². The Bertz CT molecular complexity index is 486. The van der Waals surface area contributed by atoms with Crippen molar-refractivity contribution in [2.45, 2.75) is 69.5 Å². The molecule has 4 rings (SSSR count). The Morgan fingerprint density at radius 1 is 0.958 bits per heavy atom. The van der Waals surface area contributed by atoms with Gasteiger partial charge < -0.3 is 19.9 Å². The molecule has 6 heteroatoms. The van der Waals surface area contributed by atoms with Gasteiger partial charge in [-0.15, -0.1) is 0 Å². The lowest BCUT2D eigenvalue weighted by atomic mass is 9.95. The number of piperidine rings is 1. The molecule has 1 N–H and O–H groups in total. The summed E-state index contributed by atoms with van der Waals surface area (Å²) in [5, 5.41) is 3.22. The van der Waals surface area contributed by atoms with Crippen molar-refractivity contribution in [1.29, 1.82) is 0 Å². The summed E-state index contributed by atoms with van der Waals surface area (Å²) in [5.41, 5.74) is 0. The smallest absolute Gasteiger partial charge is 0.318 e. The summed E-state index contributed by atoms with van der Waals surface area (Å²) in [7, 11) is 0. The van der Waals surface area contributed by atoms with Crippen molar-refractivity contribution in [3.8, 4) is 0 Å². The monoisotopic (exact) mass is 335 g/mol. The normalized spacial score (nSPS) is 33.8. The molecule has 134 valence electrons. The maximum absolute atomic E-state index is 13.0. The number of carbonyl (C=O) groups is 2. The van der Waals surface area contributed by atoms with Gasteiger partial charge in [0.2, 0.25) is 5.91 Å². The number of carbonyl (C=O) groups excluding carboxylic acids is 2. The molecule has 4 aliphatic rings. The highest BCUT2D eigenvalue weighted by molar-refractivity contribution is 5.88. The van der Waals surface area contributed by atoms with Crippen molar-refractivity contribution >= 4 is 11.9 Å². The van der Waals surface area contributed by atoms with Crippen LogP contribution in [0.15, 0.2) is 0 Å². The van der Waals surface area contributed by atoms with Crippen LogP contribution < -0.4 is 5.32 Å². The van der Waals surface area contributed by atoms with Crippen LogP contribution in [0.4, 0.5) is 4.79 Å². The third-order valence-electron chi connectivity index (χ3n) is 6.33. The summed E-state index contributed by atoms with van der Waals surface area (Å²) in [5.74, 6) is 0.492. The zero-order valence-electron chi connectivity index (χ0n) is 14.4. The highest BCUT2D eigenvalue weighted by atomic mass is 16.5. The van der Waals surface area contributed by atoms with Gasteiger partial charge in [0.1, 0.15) is 6.04 Å². The second-order valence-corrected chi connectivity index (χ2v) is 7.80. The van der Waals surface area contributed by atoms with Gasteiger partial charge in [-0.05, 0) is 38.0 Å². The summed E-state index contributed by atoms with van der Waals surface area (Å²) in [6, 6.07) is 0.309. The molecule has 2 bridgehead atoms. The number of urea groups is 1. The van der Waals surface area contributed by atoms with E-state index in [0.29, 0.717) is 38.3 Å². The molecular weight excluding hydrogens is 306 g/mol. The summed E-state index contributed by atoms with van der Waals surface area (Å²) in [6.07, 6.45) is 8.97. The Kier molecular flexibility index (Phi) is 4.66. The Morgan fingerprint density at radius 2 is 1.71 bits per heavy atom. The average Bonchev–Trinajstić information content (AvgIpc) is 3.24. The minimum absolute atomic E-state index is 0.000657. The van der Waals surface area contributed by atoms with E-state index in [4.69, 9.17) is 4.74 Å². The molecule has 2 saturated carbocycles. The SMILES string of the molecule is O=C([C@@H]1[C@H]2CC[C@@H](C2)N1C(=O)NC1CCCCC1)N1CCOCC1. The third kappa shape index (κ3) is 3.01. The molecule has 0 aromatic rings. The quantitative estimate of drug-likeness (QED) is 0.836. The summed E-state index contributed by atoms with van der Waals surface area (Å²) in [6.45, 7) is 2.54. The van der Waals surface area contributed by atoms with Crippen molar-refractivity contribution in [2.75, 3.05) is 26.3 Å². The number of nitrogens with zero attached hydrogens (tertiary/aromatic N) is 2. The zero-order chi connectivity index (χ0) is 16.5. The lowest BCUT2D eigenvalue weighted by Gasteiger charge is -2.39. The predicted molar refractivity (Wildman–Crippen MR) is 89.6 cm³/mol. The van der Waals surface area contributed by atoms with Crippen molar-refractivity contribution in [3.05, 3.63) is 0 Å². The maximum Gasteiger partial charge on any atom is 0.318 e. The van der Waals surface area contributed by atoms with Crippen molar-refractivity contribution < 1.29 is 14.3 Å². The van der Waals surface area contributed by atoms with E-state index < -0.39 is 0 Å². The number of ether oxygens (including phenoxy) is 1. The second kappa shape index (κ2) is 6.90. The number of hydrogen-bond donors (Lipinski definition) is 1. The van der Waals surface area contributed by atoms with E-state index in [-0.39, 0.29) is 24.0 Å². The molecule has 0 spiro atoms. The predicted octanol–water partition coefficient (Wildman–Crippen LogP) is 1.74. The van der Waals surface area contributed by atoms with E-state index in [1.165, 1.54) is 19.3 Å². The first-order valence-electron chi connectivity index (χ1n) is 9.69. The second-order valence-electron chi connectivity index (χ2n) is 7.80. The van der Waals surface area contributed by atoms with Crippen molar-refractivity contribution in [1.82, 2.24) is 15.1 Å². The average molecular weight is 335 g/mol. The summed E-state index contributed by atoms with van der Waals surface area (Å²) in [4.78, 5) is 29.8. The van der Waals surface area contributed by atoms with E-state index >= 15 is 0 Å². The van der Waals surface area contributed by atoms with Crippen LogP contribution in [0.5, 0.6) is 0 Å². The molecule has 6 nitrogen and oxygen atoms in total. The Hall–Kier alpha value is -1.30. The van der Waals surface area contributed by atoms with Gasteiger partial charge in [-0.2, -0.15) is 0 Å². The van der Waals surface area contributed by atoms with Gasteiger partial charge in [-0.25, -0.2) is 4.79 Å². The van der Waals surface area contributed by atoms with Gasteiger partial charge in [-0.1, -0.05) is 19.3 Å². The molecule has 0 unspecified atom stereocenters. The highest BCUT2D eigenvalue weighted by Gasteiger charge is 2.52. The first kappa shape index (κ1) is 16.2. The molecule has 3 amide bonds. The number of amides is 3. The Morgan fingerprint density at radius 3 is 2.46 bits per heavy atom. The van der Waals surface area contributed by atoms with E-state index in [9.17, 15) is 9.59 Å². The minimum atomic E-state index is -0.245. The van der Waals surface area contributed by atoms with Crippen LogP contribution in [0.25, 0.3) is 0 Å². The molecule has 2 aliphatic carbocycles. The summed E-state index contributed by atoms with van der Waals surface area (Å²) < 4.78 is 5.36. The maximum atomic E-state index is 13.0. The number of nitrogens with one attached hydrogen (secondary N) is 1. The number of hydrogen-bond acceptors (Lipinski definition) is 3. The van der Waals surface area contributed by atoms with Gasteiger partial charge in [0.25, 0.3) is 0 Å². The highest BCUT2D eigenvalue weighted by Crippen LogP contribution is 2.43. The minimum Gasteiger partial charge on any atom is -0.378 e. The van der Waals surface area contributed by atoms with Crippen LogP contribution >= 0.6 is 0 Å². The largest absolute Gasteiger partial charge is 0.378 e. The molecule has 2 aliphatic heterocycles. The van der Waals surface area contributed by atoms with Crippen LogP contribution in [0, 0.1) is 5.92 Å². The van der Waals surface area contributed by atoms with Crippen LogP contribution in [-0.2, 0) is 9.53 Å². The summed E-state index contributed by atoms with van der Waals surface area (Å²) >= 11 is 0. The van der Waals surface area contributed by atoms with Crippen LogP contribution in [-0.4, -0.2) is 66.2 Å². The van der Waals surface area contributed by atoms with E-state index in [1.807, 2.05) is 9.80 Å². The molecule has 4 fully saturated rings. The third-order valence-corrected chi connectivity index (χ3v) is 6.33. The first-order valence-corrected chi connectivity index (χ1v) is 9.69. The van der Waals surface area contributed by atoms with Crippen molar-refractivity contribution in [3.63, 3.8) is 0 Å². The molecule has 0 aromatic carbocycles. The molecule has 3 atom stereocenters. The lowest BCUT2D eigenvalue weighted by Crippen LogP contribution is -2.58. The fourth-order valence-corrected chi connectivity index (χ4v) is 5.06. The van der Waals surface area contributed by atoms with E-state index in [0.717, 1.165) is 32.1 Å². The molecule has 2 heterocycles. The van der Waals surface area contributed by atoms with Gasteiger partial charge >= 0.3 is 6.03 Å². The first-order chi connectivity index (χ1) is 11.7. The fraction of sp³-hybridized carbons (Fsp3) is 0.889. The molecule has 0 radical (unpaired) electrons. The van der Waals surface area contributed by atoms with Crippen LogP contribution in [0.1, 0.15) is 51.4 Å². The van der Waals surface area contributed by atoms with E-state index in [1.54, 1.807) is 0 Å². The van der Waals surface area contributed by atoms with Crippen LogP contribution in [0.3, 0.4) is 0 Å². The topological polar surface area (TPSA) is 61.9 Å². The van der Waals surface area contributed by atoms with Crippen molar-refractivity contribution in [2.24, 2.45) is 5.92 Å². The van der Waals surface area contributed by atoms with Gasteiger partial charge in [0.15, 0.2) is 0 Å². The molecule has 24 heavy (non-hydrogen) atoms. The van der Waals surface area contributed by atoms with Gasteiger partial charge in [0, 0.05) is 25.2 Å². The number of rotatable bonds is 2. The standard InChI is InChI=1S/C18H29N3O3/c22-17(20-8-10-24-11-9-20)16-13-6-7-15(12-13)21(16)18(23)19-14-4-2-1-3-5-14/h13-16H,1-12H2,(H,19,23)/t13-,15-,16-/m0/s1.